The standard InChI is InChI=1S/C17H24N4O3/c1-24-10-9-20-13-15-12-19(7-8-21(15)17(20)23)16(22)18-11-14-5-3-2-4-6-14/h2-6,15H,7-13H2,1H3,(H,18,22)/t15-/m1/s1. The molecular weight excluding hydrogens is 308 g/mol. The summed E-state index contributed by atoms with van der Waals surface area (Å²) >= 11 is 0. The van der Waals surface area contributed by atoms with Crippen LogP contribution in [0, 0.1) is 0 Å². The third-order valence-corrected chi connectivity index (χ3v) is 4.57. The van der Waals surface area contributed by atoms with Gasteiger partial charge < -0.3 is 24.8 Å². The Kier molecular flexibility index (Phi) is 5.20. The number of nitrogens with zero attached hydrogens (tertiary/aromatic N) is 3. The van der Waals surface area contributed by atoms with Crippen molar-refractivity contribution in [3.8, 4) is 0 Å². The first-order valence-electron chi connectivity index (χ1n) is 8.30. The number of piperazine rings is 1. The van der Waals surface area contributed by atoms with Crippen molar-refractivity contribution in [2.24, 2.45) is 0 Å². The van der Waals surface area contributed by atoms with Crippen molar-refractivity contribution in [3.63, 3.8) is 0 Å². The van der Waals surface area contributed by atoms with Crippen LogP contribution in [0.5, 0.6) is 0 Å². The molecule has 2 aliphatic rings. The summed E-state index contributed by atoms with van der Waals surface area (Å²) in [6.07, 6.45) is 0. The van der Waals surface area contributed by atoms with Crippen molar-refractivity contribution < 1.29 is 14.3 Å². The molecule has 1 N–H and O–H groups in total. The lowest BCUT2D eigenvalue weighted by Crippen LogP contribution is -2.55. The number of hydrogen-bond acceptors (Lipinski definition) is 3. The van der Waals surface area contributed by atoms with E-state index in [1.165, 1.54) is 0 Å². The molecule has 2 saturated heterocycles. The first-order valence-corrected chi connectivity index (χ1v) is 8.30. The molecule has 0 bridgehead atoms. The maximum atomic E-state index is 12.4. The molecule has 130 valence electrons. The highest BCUT2D eigenvalue weighted by Crippen LogP contribution is 2.20. The zero-order valence-corrected chi connectivity index (χ0v) is 14.0. The third-order valence-electron chi connectivity index (χ3n) is 4.57. The Hall–Kier alpha value is -2.28. The molecule has 0 aliphatic carbocycles. The van der Waals surface area contributed by atoms with Crippen molar-refractivity contribution in [1.82, 2.24) is 20.0 Å². The second-order valence-electron chi connectivity index (χ2n) is 6.16. The van der Waals surface area contributed by atoms with Crippen LogP contribution in [0.3, 0.4) is 0 Å². The van der Waals surface area contributed by atoms with Crippen molar-refractivity contribution in [3.05, 3.63) is 35.9 Å². The number of methoxy groups -OCH3 is 1. The molecule has 2 fully saturated rings. The number of nitrogens with one attached hydrogen (secondary N) is 1. The summed E-state index contributed by atoms with van der Waals surface area (Å²) in [5.74, 6) is 0. The molecule has 24 heavy (non-hydrogen) atoms. The zero-order valence-electron chi connectivity index (χ0n) is 14.0. The van der Waals surface area contributed by atoms with E-state index < -0.39 is 0 Å². The molecule has 0 unspecified atom stereocenters. The van der Waals surface area contributed by atoms with Crippen LogP contribution in [-0.4, -0.2) is 79.2 Å². The molecule has 7 nitrogen and oxygen atoms in total. The lowest BCUT2D eigenvalue weighted by atomic mass is 10.2. The second-order valence-corrected chi connectivity index (χ2v) is 6.16. The van der Waals surface area contributed by atoms with Gasteiger partial charge in [-0.25, -0.2) is 9.59 Å². The van der Waals surface area contributed by atoms with Crippen LogP contribution in [0.15, 0.2) is 30.3 Å². The maximum absolute atomic E-state index is 12.4. The van der Waals surface area contributed by atoms with Gasteiger partial charge in [-0.3, -0.25) is 0 Å². The number of hydrogen-bond donors (Lipinski definition) is 1. The first-order chi connectivity index (χ1) is 11.7. The highest BCUT2D eigenvalue weighted by atomic mass is 16.5. The van der Waals surface area contributed by atoms with E-state index in [2.05, 4.69) is 5.32 Å². The number of rotatable bonds is 5. The van der Waals surface area contributed by atoms with Crippen LogP contribution in [0.2, 0.25) is 0 Å². The normalized spacial score (nSPS) is 20.3. The Morgan fingerprint density at radius 1 is 1.25 bits per heavy atom. The fraction of sp³-hybridized carbons (Fsp3) is 0.529. The lowest BCUT2D eigenvalue weighted by Gasteiger charge is -2.36. The van der Waals surface area contributed by atoms with Crippen molar-refractivity contribution >= 4 is 12.1 Å². The summed E-state index contributed by atoms with van der Waals surface area (Å²) in [6, 6.07) is 9.91. The number of carbonyl (C=O) groups is 2. The predicted octanol–water partition coefficient (Wildman–Crippen LogP) is 0.964. The van der Waals surface area contributed by atoms with E-state index >= 15 is 0 Å². The summed E-state index contributed by atoms with van der Waals surface area (Å²) in [5.41, 5.74) is 1.08. The van der Waals surface area contributed by atoms with Crippen molar-refractivity contribution in [2.75, 3.05) is 46.4 Å². The van der Waals surface area contributed by atoms with Gasteiger partial charge in [-0.05, 0) is 5.56 Å². The van der Waals surface area contributed by atoms with E-state index in [1.54, 1.807) is 16.9 Å². The number of urea groups is 2. The fourth-order valence-electron chi connectivity index (χ4n) is 3.24. The summed E-state index contributed by atoms with van der Waals surface area (Å²) in [7, 11) is 1.63. The zero-order chi connectivity index (χ0) is 16.9. The molecular formula is C17H24N4O3. The van der Waals surface area contributed by atoms with Crippen LogP contribution in [-0.2, 0) is 11.3 Å². The average Bonchev–Trinajstić information content (AvgIpc) is 2.94. The largest absolute Gasteiger partial charge is 0.383 e. The number of fused-ring (bicyclic) bond motifs is 1. The van der Waals surface area contributed by atoms with Gasteiger partial charge in [0.05, 0.1) is 12.6 Å². The van der Waals surface area contributed by atoms with Gasteiger partial charge in [-0.1, -0.05) is 30.3 Å². The number of ether oxygens (including phenoxy) is 1. The van der Waals surface area contributed by atoms with E-state index in [1.807, 2.05) is 35.2 Å². The molecule has 7 heteroatoms. The summed E-state index contributed by atoms with van der Waals surface area (Å²) in [5, 5.41) is 2.96. The Bertz CT molecular complexity index is 580. The molecule has 2 heterocycles. The van der Waals surface area contributed by atoms with E-state index in [0.29, 0.717) is 45.9 Å². The molecule has 0 spiro atoms. The highest BCUT2D eigenvalue weighted by Gasteiger charge is 2.41. The second kappa shape index (κ2) is 7.53. The minimum Gasteiger partial charge on any atom is -0.383 e. The highest BCUT2D eigenvalue weighted by molar-refractivity contribution is 5.79. The molecule has 1 aromatic carbocycles. The van der Waals surface area contributed by atoms with Gasteiger partial charge in [0.25, 0.3) is 0 Å². The Balaban J connectivity index is 1.51. The quantitative estimate of drug-likeness (QED) is 0.874. The average molecular weight is 332 g/mol. The number of amides is 4. The fourth-order valence-corrected chi connectivity index (χ4v) is 3.24. The van der Waals surface area contributed by atoms with Crippen LogP contribution in [0.25, 0.3) is 0 Å². The molecule has 2 aliphatic heterocycles. The van der Waals surface area contributed by atoms with Gasteiger partial charge in [0.15, 0.2) is 0 Å². The summed E-state index contributed by atoms with van der Waals surface area (Å²) in [6.45, 7) is 4.05. The molecule has 3 rings (SSSR count). The molecule has 0 saturated carbocycles. The predicted molar refractivity (Wildman–Crippen MR) is 89.6 cm³/mol. The van der Waals surface area contributed by atoms with Crippen LogP contribution in [0.4, 0.5) is 9.59 Å². The summed E-state index contributed by atoms with van der Waals surface area (Å²) in [4.78, 5) is 30.2. The van der Waals surface area contributed by atoms with Crippen molar-refractivity contribution in [1.29, 1.82) is 0 Å². The minimum absolute atomic E-state index is 0.0568. The van der Waals surface area contributed by atoms with Gasteiger partial charge in [-0.2, -0.15) is 0 Å². The minimum atomic E-state index is -0.0682. The Labute approximate surface area is 142 Å². The molecule has 1 atom stereocenters. The van der Waals surface area contributed by atoms with E-state index in [9.17, 15) is 9.59 Å². The van der Waals surface area contributed by atoms with Gasteiger partial charge >= 0.3 is 12.1 Å². The van der Waals surface area contributed by atoms with E-state index in [0.717, 1.165) is 5.56 Å². The Morgan fingerprint density at radius 3 is 2.79 bits per heavy atom. The van der Waals surface area contributed by atoms with E-state index in [4.69, 9.17) is 4.74 Å². The third kappa shape index (κ3) is 3.62. The number of carbonyl (C=O) groups excluding carboxylic acids is 2. The molecule has 0 radical (unpaired) electrons. The van der Waals surface area contributed by atoms with Gasteiger partial charge in [0.2, 0.25) is 0 Å². The Morgan fingerprint density at radius 2 is 2.04 bits per heavy atom. The van der Waals surface area contributed by atoms with Crippen LogP contribution < -0.4 is 5.32 Å². The lowest BCUT2D eigenvalue weighted by molar-refractivity contribution is 0.128. The number of benzene rings is 1. The molecule has 4 amide bonds. The maximum Gasteiger partial charge on any atom is 0.320 e. The summed E-state index contributed by atoms with van der Waals surface area (Å²) < 4.78 is 5.05. The topological polar surface area (TPSA) is 65.1 Å². The molecule has 0 aromatic heterocycles. The van der Waals surface area contributed by atoms with Gasteiger partial charge in [-0.15, -0.1) is 0 Å². The van der Waals surface area contributed by atoms with Gasteiger partial charge in [0, 0.05) is 46.4 Å². The smallest absolute Gasteiger partial charge is 0.320 e. The first kappa shape index (κ1) is 16.6. The van der Waals surface area contributed by atoms with Crippen LogP contribution in [0.1, 0.15) is 5.56 Å². The van der Waals surface area contributed by atoms with Gasteiger partial charge in [0.1, 0.15) is 0 Å². The molecule has 1 aromatic rings. The SMILES string of the molecule is COCCN1C[C@H]2CN(C(=O)NCc3ccccc3)CCN2C1=O. The van der Waals surface area contributed by atoms with Crippen molar-refractivity contribution in [2.45, 2.75) is 12.6 Å². The monoisotopic (exact) mass is 332 g/mol. The van der Waals surface area contributed by atoms with E-state index in [-0.39, 0.29) is 18.1 Å². The van der Waals surface area contributed by atoms with Crippen LogP contribution >= 0.6 is 0 Å².